The van der Waals surface area contributed by atoms with Gasteiger partial charge in [-0.05, 0) is 30.3 Å². The summed E-state index contributed by atoms with van der Waals surface area (Å²) in [6.45, 7) is 0. The lowest BCUT2D eigenvalue weighted by molar-refractivity contribution is 0.0697. The van der Waals surface area contributed by atoms with Gasteiger partial charge in [-0.25, -0.2) is 9.78 Å². The Morgan fingerprint density at radius 1 is 1.03 bits per heavy atom. The van der Waals surface area contributed by atoms with E-state index in [4.69, 9.17) is 14.2 Å². The number of hydrogen-bond acceptors (Lipinski definition) is 6. The van der Waals surface area contributed by atoms with Gasteiger partial charge in [0.25, 0.3) is 0 Å². The SMILES string of the molecule is COc1cc(-c2[nH]ncc2-c2nc3ccc(C(=O)O)cc3[nH]2)cc(OC)c1OC. The van der Waals surface area contributed by atoms with Crippen molar-refractivity contribution < 1.29 is 24.1 Å². The van der Waals surface area contributed by atoms with Crippen LogP contribution < -0.4 is 14.2 Å². The Morgan fingerprint density at radius 2 is 1.76 bits per heavy atom. The minimum atomic E-state index is -0.996. The van der Waals surface area contributed by atoms with Crippen LogP contribution in [0, 0.1) is 0 Å². The third-order valence-corrected chi connectivity index (χ3v) is 4.58. The van der Waals surface area contributed by atoms with Gasteiger partial charge in [0.2, 0.25) is 5.75 Å². The summed E-state index contributed by atoms with van der Waals surface area (Å²) in [6.07, 6.45) is 1.65. The largest absolute Gasteiger partial charge is 0.493 e. The number of methoxy groups -OCH3 is 3. The van der Waals surface area contributed by atoms with Crippen LogP contribution in [-0.2, 0) is 0 Å². The monoisotopic (exact) mass is 394 g/mol. The Kier molecular flexibility index (Phi) is 4.55. The number of carboxylic acids is 1. The zero-order chi connectivity index (χ0) is 20.5. The Morgan fingerprint density at radius 3 is 2.38 bits per heavy atom. The lowest BCUT2D eigenvalue weighted by atomic mass is 10.1. The van der Waals surface area contributed by atoms with Crippen LogP contribution in [0.5, 0.6) is 17.2 Å². The molecule has 0 atom stereocenters. The quantitative estimate of drug-likeness (QED) is 0.458. The van der Waals surface area contributed by atoms with Gasteiger partial charge < -0.3 is 24.3 Å². The first kappa shape index (κ1) is 18.4. The molecule has 0 fully saturated rings. The van der Waals surface area contributed by atoms with E-state index in [2.05, 4.69) is 20.2 Å². The number of nitrogens with zero attached hydrogens (tertiary/aromatic N) is 2. The number of aromatic amines is 2. The van der Waals surface area contributed by atoms with Crippen LogP contribution in [0.3, 0.4) is 0 Å². The molecule has 29 heavy (non-hydrogen) atoms. The fourth-order valence-corrected chi connectivity index (χ4v) is 3.18. The molecular formula is C20H18N4O5. The maximum Gasteiger partial charge on any atom is 0.335 e. The summed E-state index contributed by atoms with van der Waals surface area (Å²) < 4.78 is 16.2. The van der Waals surface area contributed by atoms with Gasteiger partial charge in [-0.3, -0.25) is 5.10 Å². The number of H-pyrrole nitrogens is 2. The molecule has 0 saturated carbocycles. The van der Waals surface area contributed by atoms with Crippen LogP contribution in [0.2, 0.25) is 0 Å². The average molecular weight is 394 g/mol. The van der Waals surface area contributed by atoms with Gasteiger partial charge in [0.15, 0.2) is 11.5 Å². The predicted molar refractivity (Wildman–Crippen MR) is 106 cm³/mol. The van der Waals surface area contributed by atoms with Crippen molar-refractivity contribution >= 4 is 17.0 Å². The molecule has 9 nitrogen and oxygen atoms in total. The average Bonchev–Trinajstić information content (AvgIpc) is 3.38. The van der Waals surface area contributed by atoms with Crippen molar-refractivity contribution in [2.45, 2.75) is 0 Å². The van der Waals surface area contributed by atoms with Crippen LogP contribution >= 0.6 is 0 Å². The fraction of sp³-hybridized carbons (Fsp3) is 0.150. The Hall–Kier alpha value is -4.01. The highest BCUT2D eigenvalue weighted by Crippen LogP contribution is 2.42. The maximum absolute atomic E-state index is 11.2. The third kappa shape index (κ3) is 3.12. The van der Waals surface area contributed by atoms with E-state index in [1.54, 1.807) is 39.7 Å². The molecule has 0 amide bonds. The minimum Gasteiger partial charge on any atom is -0.493 e. The number of aromatic carboxylic acids is 1. The van der Waals surface area contributed by atoms with Gasteiger partial charge in [-0.2, -0.15) is 5.10 Å². The molecule has 9 heteroatoms. The van der Waals surface area contributed by atoms with Crippen LogP contribution in [0.25, 0.3) is 33.7 Å². The third-order valence-electron chi connectivity index (χ3n) is 4.58. The van der Waals surface area contributed by atoms with Crippen molar-refractivity contribution in [3.05, 3.63) is 42.1 Å². The lowest BCUT2D eigenvalue weighted by Gasteiger charge is -2.14. The summed E-state index contributed by atoms with van der Waals surface area (Å²) in [6, 6.07) is 8.35. The molecule has 2 heterocycles. The molecule has 4 aromatic rings. The number of benzene rings is 2. The van der Waals surface area contributed by atoms with Crippen LogP contribution in [-0.4, -0.2) is 52.6 Å². The van der Waals surface area contributed by atoms with Crippen molar-refractivity contribution in [2.75, 3.05) is 21.3 Å². The molecule has 0 aliphatic heterocycles. The number of carbonyl (C=O) groups is 1. The predicted octanol–water partition coefficient (Wildman–Crippen LogP) is 3.34. The van der Waals surface area contributed by atoms with Crippen molar-refractivity contribution in [3.8, 4) is 39.9 Å². The number of fused-ring (bicyclic) bond motifs is 1. The van der Waals surface area contributed by atoms with Gasteiger partial charge in [0.1, 0.15) is 5.82 Å². The molecule has 0 aliphatic rings. The second kappa shape index (κ2) is 7.19. The zero-order valence-electron chi connectivity index (χ0n) is 15.9. The highest BCUT2D eigenvalue weighted by atomic mass is 16.5. The van der Waals surface area contributed by atoms with Crippen molar-refractivity contribution in [1.29, 1.82) is 0 Å². The number of rotatable bonds is 6. The van der Waals surface area contributed by atoms with E-state index in [0.717, 1.165) is 5.56 Å². The van der Waals surface area contributed by atoms with E-state index < -0.39 is 5.97 Å². The Balaban J connectivity index is 1.84. The molecule has 0 aliphatic carbocycles. The topological polar surface area (TPSA) is 122 Å². The summed E-state index contributed by atoms with van der Waals surface area (Å²) >= 11 is 0. The van der Waals surface area contributed by atoms with Crippen LogP contribution in [0.1, 0.15) is 10.4 Å². The van der Waals surface area contributed by atoms with E-state index in [1.807, 2.05) is 12.1 Å². The molecule has 4 rings (SSSR count). The molecule has 2 aromatic carbocycles. The van der Waals surface area contributed by atoms with Gasteiger partial charge in [-0.1, -0.05) is 0 Å². The first-order valence-electron chi connectivity index (χ1n) is 8.63. The highest BCUT2D eigenvalue weighted by molar-refractivity contribution is 5.93. The summed E-state index contributed by atoms with van der Waals surface area (Å²) in [5.74, 6) is 1.07. The van der Waals surface area contributed by atoms with Gasteiger partial charge in [0, 0.05) is 5.56 Å². The number of ether oxygens (including phenoxy) is 3. The smallest absolute Gasteiger partial charge is 0.335 e. The standard InChI is InChI=1S/C20H18N4O5/c1-27-15-7-11(8-16(28-2)18(15)29-3)17-12(9-21-24-17)19-22-13-5-4-10(20(25)26)6-14(13)23-19/h4-9H,1-3H3,(H,21,24)(H,22,23)(H,25,26). The summed E-state index contributed by atoms with van der Waals surface area (Å²) in [5.41, 5.74) is 3.64. The molecule has 0 unspecified atom stereocenters. The molecule has 0 spiro atoms. The van der Waals surface area contributed by atoms with Crippen molar-refractivity contribution in [2.24, 2.45) is 0 Å². The van der Waals surface area contributed by atoms with Crippen molar-refractivity contribution in [1.82, 2.24) is 20.2 Å². The van der Waals surface area contributed by atoms with E-state index in [0.29, 0.717) is 45.4 Å². The molecule has 3 N–H and O–H groups in total. The molecule has 0 saturated heterocycles. The number of aromatic nitrogens is 4. The Labute approximate surface area is 165 Å². The first-order valence-corrected chi connectivity index (χ1v) is 8.63. The number of carboxylic acid groups (broad SMARTS) is 1. The fourth-order valence-electron chi connectivity index (χ4n) is 3.18. The molecular weight excluding hydrogens is 376 g/mol. The lowest BCUT2D eigenvalue weighted by Crippen LogP contribution is -1.96. The molecule has 0 bridgehead atoms. The van der Waals surface area contributed by atoms with Crippen LogP contribution in [0.4, 0.5) is 0 Å². The first-order chi connectivity index (χ1) is 14.0. The molecule has 148 valence electrons. The van der Waals surface area contributed by atoms with Gasteiger partial charge >= 0.3 is 5.97 Å². The molecule has 2 aromatic heterocycles. The van der Waals surface area contributed by atoms with E-state index in [1.165, 1.54) is 6.07 Å². The minimum absolute atomic E-state index is 0.185. The Bertz CT molecular complexity index is 1190. The number of hydrogen-bond donors (Lipinski definition) is 3. The highest BCUT2D eigenvalue weighted by Gasteiger charge is 2.19. The van der Waals surface area contributed by atoms with Gasteiger partial charge in [-0.15, -0.1) is 0 Å². The maximum atomic E-state index is 11.2. The number of nitrogens with one attached hydrogen (secondary N) is 2. The summed E-state index contributed by atoms with van der Waals surface area (Å²) in [4.78, 5) is 18.9. The normalized spacial score (nSPS) is 10.9. The van der Waals surface area contributed by atoms with E-state index in [-0.39, 0.29) is 5.56 Å². The van der Waals surface area contributed by atoms with E-state index in [9.17, 15) is 9.90 Å². The summed E-state index contributed by atoms with van der Waals surface area (Å²) in [5, 5.41) is 16.3. The molecule has 0 radical (unpaired) electrons. The van der Waals surface area contributed by atoms with E-state index >= 15 is 0 Å². The summed E-state index contributed by atoms with van der Waals surface area (Å²) in [7, 11) is 4.64. The number of imidazole rings is 1. The van der Waals surface area contributed by atoms with Crippen LogP contribution in [0.15, 0.2) is 36.5 Å². The van der Waals surface area contributed by atoms with Gasteiger partial charge in [0.05, 0.1) is 55.4 Å². The second-order valence-electron chi connectivity index (χ2n) is 6.20. The van der Waals surface area contributed by atoms with Crippen molar-refractivity contribution in [3.63, 3.8) is 0 Å². The zero-order valence-corrected chi connectivity index (χ0v) is 15.9. The second-order valence-corrected chi connectivity index (χ2v) is 6.20.